The summed E-state index contributed by atoms with van der Waals surface area (Å²) in [7, 11) is 0. The van der Waals surface area contributed by atoms with Gasteiger partial charge in [0.15, 0.2) is 0 Å². The molecule has 0 rings (SSSR count). The minimum atomic E-state index is -0.588. The van der Waals surface area contributed by atoms with E-state index in [1.165, 1.54) is 6.08 Å². The summed E-state index contributed by atoms with van der Waals surface area (Å²) in [5, 5.41) is 18.3. The van der Waals surface area contributed by atoms with Crippen molar-refractivity contribution in [2.24, 2.45) is 0 Å². The summed E-state index contributed by atoms with van der Waals surface area (Å²) >= 11 is 0. The summed E-state index contributed by atoms with van der Waals surface area (Å²) in [5.74, 6) is 0. The molecule has 0 radical (unpaired) electrons. The fraction of sp³-hybridized carbons (Fsp3) is 0.556. The smallest absolute Gasteiger partial charge is 0.0742 e. The highest BCUT2D eigenvalue weighted by Gasteiger charge is 2.07. The van der Waals surface area contributed by atoms with E-state index in [-0.39, 0.29) is 0 Å². The molecule has 0 aromatic heterocycles. The maximum absolute atomic E-state index is 9.23. The summed E-state index contributed by atoms with van der Waals surface area (Å²) < 4.78 is 0. The van der Waals surface area contributed by atoms with E-state index in [1.807, 2.05) is 0 Å². The van der Waals surface area contributed by atoms with Crippen molar-refractivity contribution in [1.82, 2.24) is 0 Å². The Hall–Kier alpha value is -0.600. The van der Waals surface area contributed by atoms with Crippen LogP contribution in [0.3, 0.4) is 0 Å². The second-order valence-corrected chi connectivity index (χ2v) is 2.56. The van der Waals surface area contributed by atoms with Gasteiger partial charge in [-0.3, -0.25) is 0 Å². The highest BCUT2D eigenvalue weighted by molar-refractivity contribution is 4.81. The minimum absolute atomic E-state index is 0.372. The van der Waals surface area contributed by atoms with E-state index in [2.05, 4.69) is 13.2 Å². The predicted molar refractivity (Wildman–Crippen MR) is 46.3 cm³/mol. The molecule has 2 nitrogen and oxygen atoms in total. The van der Waals surface area contributed by atoms with Crippen LogP contribution in [0.15, 0.2) is 25.3 Å². The van der Waals surface area contributed by atoms with Crippen molar-refractivity contribution in [2.45, 2.75) is 31.5 Å². The Morgan fingerprint density at radius 3 is 2.36 bits per heavy atom. The molecule has 0 saturated heterocycles. The van der Waals surface area contributed by atoms with Gasteiger partial charge in [0, 0.05) is 6.42 Å². The first-order valence-electron chi connectivity index (χ1n) is 3.80. The van der Waals surface area contributed by atoms with E-state index in [9.17, 15) is 5.11 Å². The second-order valence-electron chi connectivity index (χ2n) is 2.56. The fourth-order valence-corrected chi connectivity index (χ4v) is 0.803. The number of aliphatic hydroxyl groups excluding tert-OH is 2. The van der Waals surface area contributed by atoms with Crippen molar-refractivity contribution in [1.29, 1.82) is 0 Å². The molecule has 64 valence electrons. The van der Waals surface area contributed by atoms with Gasteiger partial charge in [-0.1, -0.05) is 12.2 Å². The zero-order chi connectivity index (χ0) is 8.69. The highest BCUT2D eigenvalue weighted by Crippen LogP contribution is 2.05. The van der Waals surface area contributed by atoms with Crippen LogP contribution >= 0.6 is 0 Å². The Morgan fingerprint density at radius 1 is 1.27 bits per heavy atom. The van der Waals surface area contributed by atoms with Gasteiger partial charge in [0.2, 0.25) is 0 Å². The second kappa shape index (κ2) is 6.13. The zero-order valence-corrected chi connectivity index (χ0v) is 6.74. The van der Waals surface area contributed by atoms with Gasteiger partial charge < -0.3 is 10.2 Å². The lowest BCUT2D eigenvalue weighted by Gasteiger charge is -2.10. The molecule has 0 heterocycles. The molecule has 0 spiro atoms. The van der Waals surface area contributed by atoms with Crippen molar-refractivity contribution >= 4 is 0 Å². The van der Waals surface area contributed by atoms with E-state index in [0.29, 0.717) is 12.8 Å². The van der Waals surface area contributed by atoms with E-state index in [0.717, 1.165) is 6.42 Å². The maximum atomic E-state index is 9.23. The first kappa shape index (κ1) is 10.4. The average Bonchev–Trinajstić information content (AvgIpc) is 2.00. The lowest BCUT2D eigenvalue weighted by molar-refractivity contribution is 0.0987. The van der Waals surface area contributed by atoms with Gasteiger partial charge in [-0.25, -0.2) is 0 Å². The maximum Gasteiger partial charge on any atom is 0.0742 e. The fourth-order valence-electron chi connectivity index (χ4n) is 0.803. The van der Waals surface area contributed by atoms with Crippen LogP contribution in [0, 0.1) is 0 Å². The molecule has 0 saturated carbocycles. The first-order chi connectivity index (χ1) is 5.20. The summed E-state index contributed by atoms with van der Waals surface area (Å²) in [6.45, 7) is 6.95. The van der Waals surface area contributed by atoms with Crippen molar-refractivity contribution in [3.63, 3.8) is 0 Å². The van der Waals surface area contributed by atoms with Crippen LogP contribution in [0.25, 0.3) is 0 Å². The molecule has 0 aliphatic rings. The van der Waals surface area contributed by atoms with Crippen LogP contribution in [0.5, 0.6) is 0 Å². The molecule has 0 aliphatic carbocycles. The molecule has 0 amide bonds. The van der Waals surface area contributed by atoms with E-state index in [1.54, 1.807) is 6.08 Å². The molecule has 0 unspecified atom stereocenters. The van der Waals surface area contributed by atoms with E-state index >= 15 is 0 Å². The van der Waals surface area contributed by atoms with Gasteiger partial charge in [0.05, 0.1) is 12.2 Å². The van der Waals surface area contributed by atoms with Gasteiger partial charge in [-0.05, 0) is 12.8 Å². The van der Waals surface area contributed by atoms with Crippen LogP contribution in [0.1, 0.15) is 19.3 Å². The van der Waals surface area contributed by atoms with Gasteiger partial charge in [-0.2, -0.15) is 0 Å². The summed E-state index contributed by atoms with van der Waals surface area (Å²) in [5.41, 5.74) is 0. The first-order valence-corrected chi connectivity index (χ1v) is 3.80. The van der Waals surface area contributed by atoms with Crippen LogP contribution in [0.4, 0.5) is 0 Å². The third kappa shape index (κ3) is 5.83. The van der Waals surface area contributed by atoms with Crippen molar-refractivity contribution in [3.05, 3.63) is 25.3 Å². The van der Waals surface area contributed by atoms with Gasteiger partial charge in [0.1, 0.15) is 0 Å². The Balaban J connectivity index is 3.42. The lowest BCUT2D eigenvalue weighted by atomic mass is 10.1. The van der Waals surface area contributed by atoms with Crippen molar-refractivity contribution < 1.29 is 10.2 Å². The molecule has 0 aromatic rings. The normalized spacial score (nSPS) is 15.5. The van der Waals surface area contributed by atoms with Gasteiger partial charge in [-0.15, -0.1) is 13.2 Å². The Labute approximate surface area is 67.9 Å². The predicted octanol–water partition coefficient (Wildman–Crippen LogP) is 1.25. The minimum Gasteiger partial charge on any atom is -0.393 e. The third-order valence-electron chi connectivity index (χ3n) is 1.49. The van der Waals surface area contributed by atoms with Crippen LogP contribution in [-0.4, -0.2) is 22.4 Å². The average molecular weight is 156 g/mol. The topological polar surface area (TPSA) is 40.5 Å². The highest BCUT2D eigenvalue weighted by atomic mass is 16.3. The number of allylic oxidation sites excluding steroid dienone is 1. The van der Waals surface area contributed by atoms with E-state index in [4.69, 9.17) is 5.11 Å². The molecule has 0 fully saturated rings. The summed E-state index contributed by atoms with van der Waals surface area (Å²) in [6.07, 6.45) is 3.97. The molecule has 0 aliphatic heterocycles. The molecule has 11 heavy (non-hydrogen) atoms. The SMILES string of the molecule is C=CCC[C@H](O)C[C@@H](O)C=C. The Morgan fingerprint density at radius 2 is 1.91 bits per heavy atom. The third-order valence-corrected chi connectivity index (χ3v) is 1.49. The monoisotopic (exact) mass is 156 g/mol. The van der Waals surface area contributed by atoms with Gasteiger partial charge >= 0.3 is 0 Å². The molecule has 0 aromatic carbocycles. The number of hydrogen-bond donors (Lipinski definition) is 2. The molecule has 2 atom stereocenters. The number of hydrogen-bond acceptors (Lipinski definition) is 2. The standard InChI is InChI=1S/C9H16O2/c1-3-5-6-9(11)7-8(10)4-2/h3-4,8-11H,1-2,5-7H2/t8-,9-/m0/s1. The van der Waals surface area contributed by atoms with Crippen molar-refractivity contribution in [2.75, 3.05) is 0 Å². The van der Waals surface area contributed by atoms with Crippen LogP contribution < -0.4 is 0 Å². The van der Waals surface area contributed by atoms with Crippen molar-refractivity contribution in [3.8, 4) is 0 Å². The largest absolute Gasteiger partial charge is 0.393 e. The Kier molecular flexibility index (Phi) is 5.80. The van der Waals surface area contributed by atoms with Crippen LogP contribution in [-0.2, 0) is 0 Å². The molecule has 0 bridgehead atoms. The molecular weight excluding hydrogens is 140 g/mol. The Bertz CT molecular complexity index is 121. The zero-order valence-electron chi connectivity index (χ0n) is 6.74. The van der Waals surface area contributed by atoms with Crippen LogP contribution in [0.2, 0.25) is 0 Å². The lowest BCUT2D eigenvalue weighted by Crippen LogP contribution is -2.15. The molecular formula is C9H16O2. The molecule has 2 N–H and O–H groups in total. The van der Waals surface area contributed by atoms with Gasteiger partial charge in [0.25, 0.3) is 0 Å². The van der Waals surface area contributed by atoms with E-state index < -0.39 is 12.2 Å². The summed E-state index contributed by atoms with van der Waals surface area (Å²) in [6, 6.07) is 0. The number of aliphatic hydroxyl groups is 2. The summed E-state index contributed by atoms with van der Waals surface area (Å²) in [4.78, 5) is 0. The quantitative estimate of drug-likeness (QED) is 0.568. The number of rotatable bonds is 6. The molecule has 2 heteroatoms.